The molecule has 1 fully saturated rings. The third-order valence-electron chi connectivity index (χ3n) is 6.41. The van der Waals surface area contributed by atoms with Crippen molar-refractivity contribution in [3.63, 3.8) is 0 Å². The first-order valence-electron chi connectivity index (χ1n) is 9.34. The molecule has 0 spiro atoms. The monoisotopic (exact) mass is 331 g/mol. The van der Waals surface area contributed by atoms with Gasteiger partial charge in [0.1, 0.15) is 11.4 Å². The number of benzene rings is 2. The molecule has 2 heteroatoms. The van der Waals surface area contributed by atoms with E-state index in [2.05, 4.69) is 62.7 Å². The summed E-state index contributed by atoms with van der Waals surface area (Å²) in [5, 5.41) is 2.63. The lowest BCUT2D eigenvalue weighted by molar-refractivity contribution is 0.00799. The Balaban J connectivity index is 1.82. The fourth-order valence-corrected chi connectivity index (χ4v) is 5.16. The van der Waals surface area contributed by atoms with E-state index >= 15 is 0 Å². The van der Waals surface area contributed by atoms with Crippen molar-refractivity contribution in [2.75, 3.05) is 0 Å². The lowest BCUT2D eigenvalue weighted by atomic mass is 9.65. The van der Waals surface area contributed by atoms with E-state index in [9.17, 15) is 0 Å². The Morgan fingerprint density at radius 1 is 1.24 bits per heavy atom. The third kappa shape index (κ3) is 2.09. The van der Waals surface area contributed by atoms with E-state index in [-0.39, 0.29) is 5.60 Å². The van der Waals surface area contributed by atoms with Crippen molar-refractivity contribution in [1.29, 1.82) is 0 Å². The van der Waals surface area contributed by atoms with Gasteiger partial charge in [0, 0.05) is 21.9 Å². The summed E-state index contributed by atoms with van der Waals surface area (Å²) >= 11 is 0. The first kappa shape index (κ1) is 15.1. The van der Waals surface area contributed by atoms with Gasteiger partial charge in [-0.2, -0.15) is 0 Å². The van der Waals surface area contributed by atoms with Crippen molar-refractivity contribution >= 4 is 21.8 Å². The van der Waals surface area contributed by atoms with Crippen molar-refractivity contribution < 1.29 is 4.74 Å². The smallest absolute Gasteiger partial charge is 0.125 e. The number of H-pyrrole nitrogens is 1. The minimum absolute atomic E-state index is 0.0279. The first-order chi connectivity index (χ1) is 12.0. The second-order valence-electron chi connectivity index (χ2n) is 8.43. The number of fused-ring (bicyclic) bond motifs is 8. The average molecular weight is 331 g/mol. The normalized spacial score (nSPS) is 28.0. The summed E-state index contributed by atoms with van der Waals surface area (Å²) in [6.45, 7) is 10.9. The molecule has 2 bridgehead atoms. The summed E-state index contributed by atoms with van der Waals surface area (Å²) in [5.41, 5.74) is 6.43. The van der Waals surface area contributed by atoms with Gasteiger partial charge < -0.3 is 9.72 Å². The second kappa shape index (κ2) is 4.91. The van der Waals surface area contributed by atoms with Gasteiger partial charge >= 0.3 is 0 Å². The molecule has 3 aromatic rings. The number of hydrogen-bond donors (Lipinski definition) is 1. The van der Waals surface area contributed by atoms with E-state index in [1.807, 2.05) is 0 Å². The van der Waals surface area contributed by atoms with E-state index in [0.29, 0.717) is 11.8 Å². The first-order valence-corrected chi connectivity index (χ1v) is 9.34. The van der Waals surface area contributed by atoms with Gasteiger partial charge in [0.25, 0.3) is 0 Å². The van der Waals surface area contributed by atoms with Gasteiger partial charge in [-0.05, 0) is 76.1 Å². The second-order valence-corrected chi connectivity index (χ2v) is 8.43. The molecule has 1 aromatic heterocycles. The Kier molecular flexibility index (Phi) is 2.96. The Labute approximate surface area is 148 Å². The van der Waals surface area contributed by atoms with Gasteiger partial charge in [-0.1, -0.05) is 23.8 Å². The molecule has 25 heavy (non-hydrogen) atoms. The lowest BCUT2D eigenvalue weighted by Crippen LogP contribution is -2.44. The maximum absolute atomic E-state index is 6.50. The van der Waals surface area contributed by atoms with E-state index in [1.54, 1.807) is 0 Å². The lowest BCUT2D eigenvalue weighted by Gasteiger charge is -2.48. The molecule has 0 amide bonds. The molecule has 2 aromatic carbocycles. The van der Waals surface area contributed by atoms with Crippen LogP contribution < -0.4 is 4.74 Å². The van der Waals surface area contributed by atoms with Crippen LogP contribution in [0.2, 0.25) is 0 Å². The molecule has 3 unspecified atom stereocenters. The molecule has 1 saturated carbocycles. The van der Waals surface area contributed by atoms with Crippen LogP contribution in [0.3, 0.4) is 0 Å². The Bertz CT molecular complexity index is 1030. The standard InChI is InChI=1S/C23H25NO/c1-13(2)15-9-10-23(4)12-18(15)21-20(25-23)8-6-16-17-11-14(3)5-7-19(17)24-22(16)21/h5-8,11,15,18,24H,1,9-10,12H2,2-4H3. The molecule has 0 saturated heterocycles. The number of aromatic nitrogens is 1. The van der Waals surface area contributed by atoms with Crippen molar-refractivity contribution in [2.24, 2.45) is 5.92 Å². The minimum atomic E-state index is -0.0279. The fourth-order valence-electron chi connectivity index (χ4n) is 5.16. The summed E-state index contributed by atoms with van der Waals surface area (Å²) in [7, 11) is 0. The van der Waals surface area contributed by atoms with Crippen LogP contribution in [0.4, 0.5) is 0 Å². The van der Waals surface area contributed by atoms with Crippen LogP contribution in [0.15, 0.2) is 42.5 Å². The number of aryl methyl sites for hydroxylation is 1. The van der Waals surface area contributed by atoms with Crippen LogP contribution in [0, 0.1) is 12.8 Å². The molecule has 2 nitrogen and oxygen atoms in total. The number of allylic oxidation sites excluding steroid dienone is 1. The zero-order chi connectivity index (χ0) is 17.3. The number of nitrogens with one attached hydrogen (secondary N) is 1. The highest BCUT2D eigenvalue weighted by atomic mass is 16.5. The van der Waals surface area contributed by atoms with Crippen molar-refractivity contribution in [2.45, 2.75) is 51.6 Å². The van der Waals surface area contributed by atoms with E-state index in [4.69, 9.17) is 4.74 Å². The molecule has 2 heterocycles. The average Bonchev–Trinajstić information content (AvgIpc) is 2.91. The van der Waals surface area contributed by atoms with Crippen LogP contribution >= 0.6 is 0 Å². The highest BCUT2D eigenvalue weighted by molar-refractivity contribution is 6.09. The maximum atomic E-state index is 6.50. The highest BCUT2D eigenvalue weighted by Gasteiger charge is 2.46. The summed E-state index contributed by atoms with van der Waals surface area (Å²) < 4.78 is 6.50. The van der Waals surface area contributed by atoms with E-state index in [1.165, 1.54) is 44.9 Å². The molecule has 128 valence electrons. The molecule has 0 radical (unpaired) electrons. The summed E-state index contributed by atoms with van der Waals surface area (Å²) in [6, 6.07) is 11.1. The summed E-state index contributed by atoms with van der Waals surface area (Å²) in [4.78, 5) is 3.70. The van der Waals surface area contributed by atoms with Gasteiger partial charge in [-0.15, -0.1) is 0 Å². The van der Waals surface area contributed by atoms with Crippen LogP contribution in [-0.4, -0.2) is 10.6 Å². The van der Waals surface area contributed by atoms with Crippen LogP contribution in [-0.2, 0) is 0 Å². The largest absolute Gasteiger partial charge is 0.487 e. The quantitative estimate of drug-likeness (QED) is 0.524. The molecular weight excluding hydrogens is 306 g/mol. The number of rotatable bonds is 1. The predicted molar refractivity (Wildman–Crippen MR) is 104 cm³/mol. The zero-order valence-corrected chi connectivity index (χ0v) is 15.3. The Morgan fingerprint density at radius 2 is 2.08 bits per heavy atom. The van der Waals surface area contributed by atoms with Gasteiger partial charge in [0.05, 0.1) is 5.52 Å². The van der Waals surface area contributed by atoms with Gasteiger partial charge in [-0.25, -0.2) is 0 Å². The number of ether oxygens (including phenoxy) is 1. The third-order valence-corrected chi connectivity index (χ3v) is 6.41. The van der Waals surface area contributed by atoms with Gasteiger partial charge in [-0.3, -0.25) is 0 Å². The fraction of sp³-hybridized carbons (Fsp3) is 0.391. The SMILES string of the molecule is C=C(C)C1CCC2(C)CC1c1c(ccc3c1[nH]c1ccc(C)cc13)O2. The zero-order valence-electron chi connectivity index (χ0n) is 15.3. The number of aromatic amines is 1. The molecule has 1 aliphatic carbocycles. The summed E-state index contributed by atoms with van der Waals surface area (Å²) in [5.74, 6) is 2.12. The van der Waals surface area contributed by atoms with Crippen LogP contribution in [0.1, 0.15) is 50.2 Å². The van der Waals surface area contributed by atoms with Crippen LogP contribution in [0.25, 0.3) is 21.8 Å². The highest BCUT2D eigenvalue weighted by Crippen LogP contribution is 2.55. The Hall–Kier alpha value is -2.22. The minimum Gasteiger partial charge on any atom is -0.487 e. The summed E-state index contributed by atoms with van der Waals surface area (Å²) in [6.07, 6.45) is 3.38. The van der Waals surface area contributed by atoms with Gasteiger partial charge in [0.2, 0.25) is 0 Å². The molecular formula is C23H25NO. The molecule has 1 N–H and O–H groups in total. The van der Waals surface area contributed by atoms with Crippen molar-refractivity contribution in [3.05, 3.63) is 53.6 Å². The topological polar surface area (TPSA) is 25.0 Å². The van der Waals surface area contributed by atoms with Crippen molar-refractivity contribution in [1.82, 2.24) is 4.98 Å². The molecule has 3 atom stereocenters. The van der Waals surface area contributed by atoms with E-state index in [0.717, 1.165) is 18.6 Å². The number of hydrogen-bond acceptors (Lipinski definition) is 1. The Morgan fingerprint density at radius 3 is 2.88 bits per heavy atom. The van der Waals surface area contributed by atoms with E-state index < -0.39 is 0 Å². The van der Waals surface area contributed by atoms with Crippen molar-refractivity contribution in [3.8, 4) is 5.75 Å². The molecule has 5 rings (SSSR count). The van der Waals surface area contributed by atoms with Gasteiger partial charge in [0.15, 0.2) is 0 Å². The molecule has 1 aliphatic heterocycles. The van der Waals surface area contributed by atoms with Crippen LogP contribution in [0.5, 0.6) is 5.75 Å². The molecule has 2 aliphatic rings. The predicted octanol–water partition coefficient (Wildman–Crippen LogP) is 6.24. The maximum Gasteiger partial charge on any atom is 0.125 e.